The van der Waals surface area contributed by atoms with Gasteiger partial charge in [-0.3, -0.25) is 0 Å². The fourth-order valence-electron chi connectivity index (χ4n) is 2.76. The van der Waals surface area contributed by atoms with Crippen molar-refractivity contribution in [1.82, 2.24) is 0 Å². The molecule has 0 fully saturated rings. The summed E-state index contributed by atoms with van der Waals surface area (Å²) in [5.41, 5.74) is 3.82. The Hall–Kier alpha value is -1.92. The van der Waals surface area contributed by atoms with Gasteiger partial charge in [0.25, 0.3) is 0 Å². The van der Waals surface area contributed by atoms with Crippen LogP contribution in [-0.2, 0) is 6.61 Å². The fourth-order valence-corrected chi connectivity index (χ4v) is 3.26. The van der Waals surface area contributed by atoms with Gasteiger partial charge in [0.15, 0.2) is 0 Å². The van der Waals surface area contributed by atoms with Crippen LogP contribution in [0.3, 0.4) is 0 Å². The van der Waals surface area contributed by atoms with E-state index < -0.39 is 0 Å². The summed E-state index contributed by atoms with van der Waals surface area (Å²) in [5, 5.41) is 10.8. The zero-order valence-electron chi connectivity index (χ0n) is 13.8. The molecule has 120 valence electrons. The van der Waals surface area contributed by atoms with Gasteiger partial charge in [-0.05, 0) is 66.3 Å². The van der Waals surface area contributed by atoms with Crippen LogP contribution >= 0.6 is 11.8 Å². The number of hydrogen-bond acceptors (Lipinski definition) is 3. The zero-order chi connectivity index (χ0) is 16.5. The number of nitrogens with zero attached hydrogens (tertiary/aromatic N) is 1. The first-order valence-corrected chi connectivity index (χ1v) is 9.01. The maximum atomic E-state index is 8.66. The topological polar surface area (TPSA) is 33.0 Å². The van der Waals surface area contributed by atoms with Crippen LogP contribution in [-0.4, -0.2) is 5.75 Å². The maximum Gasteiger partial charge on any atom is 0.133 e. The SMILES string of the molecule is CCC(CCSC#N)c1ccc(OCc2ccccc2)cc1C. The molecule has 0 saturated carbocycles. The van der Waals surface area contributed by atoms with Crippen molar-refractivity contribution >= 4 is 11.8 Å². The van der Waals surface area contributed by atoms with Gasteiger partial charge >= 0.3 is 0 Å². The van der Waals surface area contributed by atoms with Crippen molar-refractivity contribution in [2.24, 2.45) is 0 Å². The summed E-state index contributed by atoms with van der Waals surface area (Å²) in [5.74, 6) is 2.32. The van der Waals surface area contributed by atoms with Crippen LogP contribution < -0.4 is 4.74 Å². The number of hydrogen-bond donors (Lipinski definition) is 0. The highest BCUT2D eigenvalue weighted by atomic mass is 32.2. The molecule has 0 heterocycles. The Morgan fingerprint density at radius 3 is 2.61 bits per heavy atom. The molecule has 0 aliphatic heterocycles. The van der Waals surface area contributed by atoms with Gasteiger partial charge in [0.1, 0.15) is 17.8 Å². The van der Waals surface area contributed by atoms with E-state index in [-0.39, 0.29) is 0 Å². The summed E-state index contributed by atoms with van der Waals surface area (Å²) in [6.45, 7) is 4.95. The molecule has 0 aromatic heterocycles. The van der Waals surface area contributed by atoms with E-state index in [9.17, 15) is 0 Å². The molecule has 0 radical (unpaired) electrons. The van der Waals surface area contributed by atoms with Crippen LogP contribution in [0.5, 0.6) is 5.75 Å². The molecule has 0 bridgehead atoms. The molecule has 0 aliphatic rings. The Balaban J connectivity index is 2.00. The smallest absolute Gasteiger partial charge is 0.133 e. The standard InChI is InChI=1S/C20H23NOS/c1-3-18(11-12-23-15-21)20-10-9-19(13-16(20)2)22-14-17-7-5-4-6-8-17/h4-10,13,18H,3,11-12,14H2,1-2H3. The van der Waals surface area contributed by atoms with Crippen LogP contribution in [0.1, 0.15) is 42.4 Å². The average Bonchev–Trinajstić information content (AvgIpc) is 2.59. The number of nitriles is 1. The van der Waals surface area contributed by atoms with E-state index in [4.69, 9.17) is 10.00 Å². The minimum absolute atomic E-state index is 0.513. The predicted molar refractivity (Wildman–Crippen MR) is 97.7 cm³/mol. The van der Waals surface area contributed by atoms with Crippen molar-refractivity contribution < 1.29 is 4.74 Å². The lowest BCUT2D eigenvalue weighted by atomic mass is 9.90. The van der Waals surface area contributed by atoms with Crippen molar-refractivity contribution in [1.29, 1.82) is 5.26 Å². The summed E-state index contributed by atoms with van der Waals surface area (Å²) in [7, 11) is 0. The Bertz CT molecular complexity index is 648. The monoisotopic (exact) mass is 325 g/mol. The molecular formula is C20H23NOS. The molecule has 23 heavy (non-hydrogen) atoms. The third-order valence-corrected chi connectivity index (χ3v) is 4.62. The van der Waals surface area contributed by atoms with Gasteiger partial charge in [-0.2, -0.15) is 5.26 Å². The van der Waals surface area contributed by atoms with Gasteiger partial charge in [0, 0.05) is 5.75 Å². The highest BCUT2D eigenvalue weighted by Crippen LogP contribution is 2.30. The first-order chi connectivity index (χ1) is 11.2. The van der Waals surface area contributed by atoms with Crippen LogP contribution in [0.2, 0.25) is 0 Å². The van der Waals surface area contributed by atoms with Gasteiger partial charge in [-0.15, -0.1) is 0 Å². The molecule has 0 aliphatic carbocycles. The molecule has 2 aromatic rings. The first-order valence-electron chi connectivity index (χ1n) is 8.02. The van der Waals surface area contributed by atoms with Crippen LogP contribution in [0.25, 0.3) is 0 Å². The minimum Gasteiger partial charge on any atom is -0.489 e. The summed E-state index contributed by atoms with van der Waals surface area (Å²) in [6.07, 6.45) is 2.14. The summed E-state index contributed by atoms with van der Waals surface area (Å²) >= 11 is 1.34. The van der Waals surface area contributed by atoms with E-state index in [1.807, 2.05) is 18.2 Å². The third kappa shape index (κ3) is 5.33. The van der Waals surface area contributed by atoms with Gasteiger partial charge in [-0.1, -0.05) is 43.3 Å². The molecule has 0 saturated heterocycles. The molecule has 2 rings (SSSR count). The van der Waals surface area contributed by atoms with E-state index in [2.05, 4.69) is 49.6 Å². The quantitative estimate of drug-likeness (QED) is 0.463. The van der Waals surface area contributed by atoms with Crippen LogP contribution in [0, 0.1) is 17.6 Å². The Morgan fingerprint density at radius 1 is 1.17 bits per heavy atom. The van der Waals surface area contributed by atoms with Crippen molar-refractivity contribution in [3.8, 4) is 11.2 Å². The maximum absolute atomic E-state index is 8.66. The molecule has 2 aromatic carbocycles. The summed E-state index contributed by atoms with van der Waals surface area (Å²) in [4.78, 5) is 0. The second-order valence-corrected chi connectivity index (χ2v) is 6.51. The van der Waals surface area contributed by atoms with E-state index in [1.165, 1.54) is 28.5 Å². The molecule has 1 atom stereocenters. The molecular weight excluding hydrogens is 302 g/mol. The molecule has 0 N–H and O–H groups in total. The lowest BCUT2D eigenvalue weighted by molar-refractivity contribution is 0.306. The molecule has 0 spiro atoms. The van der Waals surface area contributed by atoms with Crippen molar-refractivity contribution in [2.45, 2.75) is 39.2 Å². The Morgan fingerprint density at radius 2 is 1.96 bits per heavy atom. The first kappa shape index (κ1) is 17.4. The predicted octanol–water partition coefficient (Wildman–Crippen LogP) is 5.67. The number of thiocyanates is 1. The van der Waals surface area contributed by atoms with Gasteiger partial charge in [0.05, 0.1) is 0 Å². The number of aryl methyl sites for hydroxylation is 1. The highest BCUT2D eigenvalue weighted by Gasteiger charge is 2.12. The zero-order valence-corrected chi connectivity index (χ0v) is 14.6. The van der Waals surface area contributed by atoms with E-state index >= 15 is 0 Å². The largest absolute Gasteiger partial charge is 0.489 e. The molecule has 2 nitrogen and oxygen atoms in total. The molecule has 1 unspecified atom stereocenters. The van der Waals surface area contributed by atoms with Gasteiger partial charge in [-0.25, -0.2) is 0 Å². The summed E-state index contributed by atoms with van der Waals surface area (Å²) < 4.78 is 5.89. The van der Waals surface area contributed by atoms with Crippen molar-refractivity contribution in [2.75, 3.05) is 5.75 Å². The Kier molecular flexibility index (Phi) is 7.03. The number of rotatable bonds is 8. The van der Waals surface area contributed by atoms with Gasteiger partial charge in [0.2, 0.25) is 0 Å². The van der Waals surface area contributed by atoms with Gasteiger partial charge < -0.3 is 4.74 Å². The fraction of sp³-hybridized carbons (Fsp3) is 0.350. The normalized spacial score (nSPS) is 11.7. The average molecular weight is 325 g/mol. The van der Waals surface area contributed by atoms with Crippen molar-refractivity contribution in [3.05, 3.63) is 65.2 Å². The Labute approximate surface area is 143 Å². The van der Waals surface area contributed by atoms with Crippen molar-refractivity contribution in [3.63, 3.8) is 0 Å². The van der Waals surface area contributed by atoms with E-state index in [0.717, 1.165) is 24.3 Å². The lowest BCUT2D eigenvalue weighted by Crippen LogP contribution is -2.02. The molecule has 0 amide bonds. The lowest BCUT2D eigenvalue weighted by Gasteiger charge is -2.18. The van der Waals surface area contributed by atoms with Crippen LogP contribution in [0.15, 0.2) is 48.5 Å². The van der Waals surface area contributed by atoms with E-state index in [0.29, 0.717) is 12.5 Å². The number of ether oxygens (including phenoxy) is 1. The third-order valence-electron chi connectivity index (χ3n) is 4.06. The van der Waals surface area contributed by atoms with Crippen LogP contribution in [0.4, 0.5) is 0 Å². The minimum atomic E-state index is 0.513. The molecule has 3 heteroatoms. The second kappa shape index (κ2) is 9.27. The number of thioether (sulfide) groups is 1. The highest BCUT2D eigenvalue weighted by molar-refractivity contribution is 8.03. The second-order valence-electron chi connectivity index (χ2n) is 5.63. The van der Waals surface area contributed by atoms with E-state index in [1.54, 1.807) is 0 Å². The summed E-state index contributed by atoms with van der Waals surface area (Å²) in [6, 6.07) is 16.6. The number of benzene rings is 2.